The van der Waals surface area contributed by atoms with E-state index < -0.39 is 5.97 Å². The standard InChI is InChI=1S/C9H12N2O3/c1-4-7(11-6(3)12)5(2)10-8(4)9(13)14/h10H,1-3H3,(H,11,12)(H,13,14). The minimum absolute atomic E-state index is 0.117. The quantitative estimate of drug-likeness (QED) is 0.666. The largest absolute Gasteiger partial charge is 0.477 e. The summed E-state index contributed by atoms with van der Waals surface area (Å²) >= 11 is 0. The van der Waals surface area contributed by atoms with Crippen molar-refractivity contribution in [2.45, 2.75) is 20.8 Å². The molecule has 0 aliphatic carbocycles. The first-order chi connectivity index (χ1) is 6.43. The van der Waals surface area contributed by atoms with Crippen LogP contribution in [0.5, 0.6) is 0 Å². The van der Waals surface area contributed by atoms with E-state index in [1.54, 1.807) is 13.8 Å². The first-order valence-electron chi connectivity index (χ1n) is 4.13. The van der Waals surface area contributed by atoms with Gasteiger partial charge in [-0.2, -0.15) is 0 Å². The van der Waals surface area contributed by atoms with Crippen LogP contribution >= 0.6 is 0 Å². The molecular weight excluding hydrogens is 184 g/mol. The minimum Gasteiger partial charge on any atom is -0.477 e. The molecule has 0 aliphatic rings. The van der Waals surface area contributed by atoms with Gasteiger partial charge >= 0.3 is 5.97 Å². The molecule has 1 aromatic heterocycles. The summed E-state index contributed by atoms with van der Waals surface area (Å²) in [5, 5.41) is 11.4. The number of carbonyl (C=O) groups excluding carboxylic acids is 1. The molecule has 1 heterocycles. The zero-order valence-electron chi connectivity index (χ0n) is 8.26. The first kappa shape index (κ1) is 10.3. The maximum atomic E-state index is 10.8. The normalized spacial score (nSPS) is 9.93. The number of aromatic carboxylic acids is 1. The molecule has 0 radical (unpaired) electrons. The molecule has 5 nitrogen and oxygen atoms in total. The number of carboxylic acids is 1. The molecule has 5 heteroatoms. The Morgan fingerprint density at radius 2 is 1.93 bits per heavy atom. The summed E-state index contributed by atoms with van der Waals surface area (Å²) in [6.07, 6.45) is 0. The molecule has 3 N–H and O–H groups in total. The van der Waals surface area contributed by atoms with Crippen LogP contribution in [0.15, 0.2) is 0 Å². The fourth-order valence-corrected chi connectivity index (χ4v) is 1.33. The smallest absolute Gasteiger partial charge is 0.352 e. The lowest BCUT2D eigenvalue weighted by molar-refractivity contribution is -0.114. The third kappa shape index (κ3) is 1.76. The van der Waals surface area contributed by atoms with Crippen LogP contribution in [0.3, 0.4) is 0 Å². The fourth-order valence-electron chi connectivity index (χ4n) is 1.33. The molecule has 0 unspecified atom stereocenters. The fraction of sp³-hybridized carbons (Fsp3) is 0.333. The number of hydrogen-bond donors (Lipinski definition) is 3. The highest BCUT2D eigenvalue weighted by Crippen LogP contribution is 2.23. The summed E-state index contributed by atoms with van der Waals surface area (Å²) < 4.78 is 0. The van der Waals surface area contributed by atoms with Crippen LogP contribution in [0.25, 0.3) is 0 Å². The monoisotopic (exact) mass is 196 g/mol. The van der Waals surface area contributed by atoms with E-state index in [2.05, 4.69) is 10.3 Å². The number of aryl methyl sites for hydroxylation is 1. The molecule has 1 rings (SSSR count). The highest BCUT2D eigenvalue weighted by atomic mass is 16.4. The van der Waals surface area contributed by atoms with E-state index in [0.717, 1.165) is 0 Å². The molecule has 1 aromatic rings. The van der Waals surface area contributed by atoms with E-state index in [1.165, 1.54) is 6.92 Å². The van der Waals surface area contributed by atoms with Gasteiger partial charge in [-0.1, -0.05) is 0 Å². The topological polar surface area (TPSA) is 82.2 Å². The van der Waals surface area contributed by atoms with E-state index in [0.29, 0.717) is 16.9 Å². The number of carboxylic acid groups (broad SMARTS) is 1. The zero-order chi connectivity index (χ0) is 10.9. The van der Waals surface area contributed by atoms with E-state index in [4.69, 9.17) is 5.11 Å². The maximum Gasteiger partial charge on any atom is 0.352 e. The second-order valence-electron chi connectivity index (χ2n) is 3.11. The Morgan fingerprint density at radius 1 is 1.36 bits per heavy atom. The lowest BCUT2D eigenvalue weighted by Gasteiger charge is -2.01. The van der Waals surface area contributed by atoms with Crippen LogP contribution in [0.4, 0.5) is 5.69 Å². The first-order valence-corrected chi connectivity index (χ1v) is 4.13. The Bertz CT molecular complexity index is 393. The number of H-pyrrole nitrogens is 1. The van der Waals surface area contributed by atoms with Gasteiger partial charge in [-0.25, -0.2) is 4.79 Å². The van der Waals surface area contributed by atoms with Crippen LogP contribution in [0.1, 0.15) is 28.7 Å². The molecule has 0 saturated heterocycles. The summed E-state index contributed by atoms with van der Waals surface area (Å²) in [5.41, 5.74) is 1.86. The van der Waals surface area contributed by atoms with Gasteiger partial charge in [0.25, 0.3) is 0 Å². The molecule has 76 valence electrons. The third-order valence-corrected chi connectivity index (χ3v) is 1.95. The lowest BCUT2D eigenvalue weighted by atomic mass is 10.2. The van der Waals surface area contributed by atoms with Crippen molar-refractivity contribution < 1.29 is 14.7 Å². The van der Waals surface area contributed by atoms with Crippen molar-refractivity contribution >= 4 is 17.6 Å². The van der Waals surface area contributed by atoms with Crippen molar-refractivity contribution in [3.8, 4) is 0 Å². The predicted molar refractivity (Wildman–Crippen MR) is 51.5 cm³/mol. The molecule has 0 fully saturated rings. The molecule has 1 amide bonds. The number of anilines is 1. The van der Waals surface area contributed by atoms with Gasteiger partial charge in [0.1, 0.15) is 5.69 Å². The Hall–Kier alpha value is -1.78. The van der Waals surface area contributed by atoms with Gasteiger partial charge in [0.15, 0.2) is 0 Å². The number of aromatic nitrogens is 1. The van der Waals surface area contributed by atoms with E-state index in [9.17, 15) is 9.59 Å². The molecular formula is C9H12N2O3. The van der Waals surface area contributed by atoms with Crippen LogP contribution in [0.2, 0.25) is 0 Å². The van der Waals surface area contributed by atoms with Crippen LogP contribution in [0, 0.1) is 13.8 Å². The minimum atomic E-state index is -1.03. The Kier molecular flexibility index (Phi) is 2.60. The Morgan fingerprint density at radius 3 is 2.29 bits per heavy atom. The summed E-state index contributed by atoms with van der Waals surface area (Å²) in [7, 11) is 0. The van der Waals surface area contributed by atoms with Gasteiger partial charge in [0.05, 0.1) is 5.69 Å². The molecule has 0 aliphatic heterocycles. The number of aromatic amines is 1. The maximum absolute atomic E-state index is 10.8. The van der Waals surface area contributed by atoms with Gasteiger partial charge in [-0.3, -0.25) is 4.79 Å². The van der Waals surface area contributed by atoms with Gasteiger partial charge < -0.3 is 15.4 Å². The summed E-state index contributed by atoms with van der Waals surface area (Å²) in [6, 6.07) is 0. The summed E-state index contributed by atoms with van der Waals surface area (Å²) in [4.78, 5) is 24.3. The second-order valence-corrected chi connectivity index (χ2v) is 3.11. The highest BCUT2D eigenvalue weighted by molar-refractivity contribution is 5.95. The Balaban J connectivity index is 3.17. The molecule has 0 atom stereocenters. The van der Waals surface area contributed by atoms with Crippen molar-refractivity contribution in [1.29, 1.82) is 0 Å². The number of rotatable bonds is 2. The van der Waals surface area contributed by atoms with Crippen LogP contribution < -0.4 is 5.32 Å². The molecule has 0 saturated carbocycles. The van der Waals surface area contributed by atoms with Crippen molar-refractivity contribution in [2.75, 3.05) is 5.32 Å². The zero-order valence-corrected chi connectivity index (χ0v) is 8.26. The van der Waals surface area contributed by atoms with E-state index >= 15 is 0 Å². The number of nitrogens with one attached hydrogen (secondary N) is 2. The van der Waals surface area contributed by atoms with Crippen molar-refractivity contribution in [1.82, 2.24) is 4.98 Å². The van der Waals surface area contributed by atoms with E-state index in [1.807, 2.05) is 0 Å². The SMILES string of the molecule is CC(=O)Nc1c(C)[nH]c(C(=O)O)c1C. The Labute approximate surface area is 81.1 Å². The average molecular weight is 196 g/mol. The number of hydrogen-bond acceptors (Lipinski definition) is 2. The summed E-state index contributed by atoms with van der Waals surface area (Å²) in [6.45, 7) is 4.75. The van der Waals surface area contributed by atoms with E-state index in [-0.39, 0.29) is 11.6 Å². The number of amides is 1. The molecule has 14 heavy (non-hydrogen) atoms. The second kappa shape index (κ2) is 3.53. The highest BCUT2D eigenvalue weighted by Gasteiger charge is 2.16. The average Bonchev–Trinajstić information content (AvgIpc) is 2.31. The van der Waals surface area contributed by atoms with Crippen molar-refractivity contribution in [3.63, 3.8) is 0 Å². The van der Waals surface area contributed by atoms with Gasteiger partial charge in [0, 0.05) is 18.2 Å². The van der Waals surface area contributed by atoms with Crippen LogP contribution in [-0.2, 0) is 4.79 Å². The third-order valence-electron chi connectivity index (χ3n) is 1.95. The van der Waals surface area contributed by atoms with Gasteiger partial charge in [-0.05, 0) is 13.8 Å². The van der Waals surface area contributed by atoms with Crippen LogP contribution in [-0.4, -0.2) is 22.0 Å². The van der Waals surface area contributed by atoms with Gasteiger partial charge in [0.2, 0.25) is 5.91 Å². The predicted octanol–water partition coefficient (Wildman–Crippen LogP) is 1.29. The van der Waals surface area contributed by atoms with Crippen molar-refractivity contribution in [3.05, 3.63) is 17.0 Å². The van der Waals surface area contributed by atoms with Crippen molar-refractivity contribution in [2.24, 2.45) is 0 Å². The molecule has 0 aromatic carbocycles. The summed E-state index contributed by atoms with van der Waals surface area (Å²) in [5.74, 6) is -1.24. The number of carbonyl (C=O) groups is 2. The molecule has 0 bridgehead atoms. The van der Waals surface area contributed by atoms with Gasteiger partial charge in [-0.15, -0.1) is 0 Å². The molecule has 0 spiro atoms. The lowest BCUT2D eigenvalue weighted by Crippen LogP contribution is -2.07.